The highest BCUT2D eigenvalue weighted by atomic mass is 16.4. The minimum atomic E-state index is -0.838. The number of hydrogen-bond acceptors (Lipinski definition) is 2. The molecule has 122 valence electrons. The molecule has 0 spiro atoms. The maximum atomic E-state index is 12.2. The minimum Gasteiger partial charge on any atom is -0.481 e. The molecule has 1 unspecified atom stereocenters. The molecular weight excluding hydrogens is 268 g/mol. The molecule has 2 N–H and O–H groups in total. The van der Waals surface area contributed by atoms with Gasteiger partial charge in [-0.25, -0.2) is 4.79 Å². The summed E-state index contributed by atoms with van der Waals surface area (Å²) in [6.45, 7) is 9.84. The topological polar surface area (TPSA) is 69.6 Å². The van der Waals surface area contributed by atoms with Crippen molar-refractivity contribution >= 4 is 12.0 Å². The predicted molar refractivity (Wildman–Crippen MR) is 83.2 cm³/mol. The van der Waals surface area contributed by atoms with E-state index in [0.29, 0.717) is 12.3 Å². The molecule has 0 aliphatic heterocycles. The molecule has 0 bridgehead atoms. The first-order chi connectivity index (χ1) is 9.73. The first-order valence-electron chi connectivity index (χ1n) is 7.98. The van der Waals surface area contributed by atoms with Gasteiger partial charge >= 0.3 is 12.0 Å². The van der Waals surface area contributed by atoms with Crippen molar-refractivity contribution in [2.24, 2.45) is 17.3 Å². The SMILES string of the molecule is CCCN(CC1CC1)C(=O)NCC(CC(C)(C)C)C(=O)O. The molecule has 1 saturated carbocycles. The van der Waals surface area contributed by atoms with Gasteiger partial charge in [-0.15, -0.1) is 0 Å². The number of nitrogens with zero attached hydrogens (tertiary/aromatic N) is 1. The summed E-state index contributed by atoms with van der Waals surface area (Å²) in [7, 11) is 0. The smallest absolute Gasteiger partial charge is 0.317 e. The van der Waals surface area contributed by atoms with E-state index in [-0.39, 0.29) is 18.0 Å². The summed E-state index contributed by atoms with van der Waals surface area (Å²) in [5.41, 5.74) is -0.0646. The van der Waals surface area contributed by atoms with E-state index in [2.05, 4.69) is 5.32 Å². The van der Waals surface area contributed by atoms with Crippen molar-refractivity contribution in [1.29, 1.82) is 0 Å². The molecule has 5 heteroatoms. The standard InChI is InChI=1S/C16H30N2O3/c1-5-8-18(11-12-6-7-12)15(21)17-10-13(14(19)20)9-16(2,3)4/h12-13H,5-11H2,1-4H3,(H,17,21)(H,19,20). The second kappa shape index (κ2) is 7.66. The van der Waals surface area contributed by atoms with Crippen LogP contribution in [0, 0.1) is 17.3 Å². The van der Waals surface area contributed by atoms with E-state index in [1.54, 1.807) is 0 Å². The Kier molecular flexibility index (Phi) is 6.49. The minimum absolute atomic E-state index is 0.0646. The third-order valence-electron chi connectivity index (χ3n) is 3.66. The van der Waals surface area contributed by atoms with Gasteiger partial charge in [0.05, 0.1) is 5.92 Å². The number of carboxylic acids is 1. The maximum Gasteiger partial charge on any atom is 0.317 e. The summed E-state index contributed by atoms with van der Waals surface area (Å²) >= 11 is 0. The lowest BCUT2D eigenvalue weighted by Gasteiger charge is -2.26. The predicted octanol–water partition coefficient (Wildman–Crippen LogP) is 2.96. The average molecular weight is 298 g/mol. The molecule has 0 radical (unpaired) electrons. The van der Waals surface area contributed by atoms with Crippen LogP contribution in [0.25, 0.3) is 0 Å². The van der Waals surface area contributed by atoms with Gasteiger partial charge in [-0.3, -0.25) is 4.79 Å². The van der Waals surface area contributed by atoms with Gasteiger partial charge in [-0.05, 0) is 37.0 Å². The number of aliphatic carboxylic acids is 1. The van der Waals surface area contributed by atoms with Gasteiger partial charge < -0.3 is 15.3 Å². The number of amides is 2. The lowest BCUT2D eigenvalue weighted by atomic mass is 9.84. The molecule has 0 aromatic rings. The van der Waals surface area contributed by atoms with Crippen molar-refractivity contribution in [2.45, 2.75) is 53.4 Å². The quantitative estimate of drug-likeness (QED) is 0.724. The molecule has 1 atom stereocenters. The van der Waals surface area contributed by atoms with E-state index < -0.39 is 11.9 Å². The van der Waals surface area contributed by atoms with Gasteiger partial charge in [0, 0.05) is 19.6 Å². The van der Waals surface area contributed by atoms with E-state index in [1.165, 1.54) is 12.8 Å². The monoisotopic (exact) mass is 298 g/mol. The van der Waals surface area contributed by atoms with Crippen LogP contribution < -0.4 is 5.32 Å². The Balaban J connectivity index is 2.47. The molecule has 1 aliphatic rings. The Morgan fingerprint density at radius 2 is 1.95 bits per heavy atom. The molecule has 5 nitrogen and oxygen atoms in total. The van der Waals surface area contributed by atoms with E-state index >= 15 is 0 Å². The van der Waals surface area contributed by atoms with Crippen LogP contribution in [0.1, 0.15) is 53.4 Å². The summed E-state index contributed by atoms with van der Waals surface area (Å²) in [6, 6.07) is -0.121. The van der Waals surface area contributed by atoms with Crippen LogP contribution >= 0.6 is 0 Å². The fourth-order valence-corrected chi connectivity index (χ4v) is 2.47. The third-order valence-corrected chi connectivity index (χ3v) is 3.66. The summed E-state index contributed by atoms with van der Waals surface area (Å²) in [5, 5.41) is 12.1. The number of carboxylic acid groups (broad SMARTS) is 1. The van der Waals surface area contributed by atoms with Crippen LogP contribution in [0.15, 0.2) is 0 Å². The number of hydrogen-bond donors (Lipinski definition) is 2. The second-order valence-electron chi connectivity index (χ2n) is 7.38. The highest BCUT2D eigenvalue weighted by Crippen LogP contribution is 2.29. The Bertz CT molecular complexity index is 359. The van der Waals surface area contributed by atoms with E-state index in [4.69, 9.17) is 0 Å². The second-order valence-corrected chi connectivity index (χ2v) is 7.38. The first kappa shape index (κ1) is 17.8. The maximum absolute atomic E-state index is 12.2. The average Bonchev–Trinajstić information content (AvgIpc) is 3.15. The molecule has 0 aromatic heterocycles. The molecule has 1 rings (SSSR count). The molecule has 1 fully saturated rings. The van der Waals surface area contributed by atoms with E-state index in [9.17, 15) is 14.7 Å². The summed E-state index contributed by atoms with van der Waals surface area (Å²) in [5.74, 6) is -0.722. The fraction of sp³-hybridized carbons (Fsp3) is 0.875. The van der Waals surface area contributed by atoms with Gasteiger partial charge in [0.25, 0.3) is 0 Å². The Morgan fingerprint density at radius 3 is 2.38 bits per heavy atom. The van der Waals surface area contributed by atoms with Crippen molar-refractivity contribution in [3.8, 4) is 0 Å². The van der Waals surface area contributed by atoms with Crippen molar-refractivity contribution in [1.82, 2.24) is 10.2 Å². The molecule has 1 aliphatic carbocycles. The lowest BCUT2D eigenvalue weighted by Crippen LogP contribution is -2.44. The number of carbonyl (C=O) groups excluding carboxylic acids is 1. The van der Waals surface area contributed by atoms with Crippen LogP contribution in [0.3, 0.4) is 0 Å². The fourth-order valence-electron chi connectivity index (χ4n) is 2.47. The summed E-state index contributed by atoms with van der Waals surface area (Å²) < 4.78 is 0. The van der Waals surface area contributed by atoms with Crippen LogP contribution in [-0.4, -0.2) is 41.6 Å². The van der Waals surface area contributed by atoms with Gasteiger partial charge in [-0.2, -0.15) is 0 Å². The van der Waals surface area contributed by atoms with Crippen molar-refractivity contribution < 1.29 is 14.7 Å². The van der Waals surface area contributed by atoms with Crippen molar-refractivity contribution in [3.63, 3.8) is 0 Å². The molecule has 0 saturated heterocycles. The molecule has 2 amide bonds. The summed E-state index contributed by atoms with van der Waals surface area (Å²) in [4.78, 5) is 25.3. The van der Waals surface area contributed by atoms with Crippen LogP contribution in [0.4, 0.5) is 4.79 Å². The Morgan fingerprint density at radius 1 is 1.33 bits per heavy atom. The van der Waals surface area contributed by atoms with Crippen molar-refractivity contribution in [3.05, 3.63) is 0 Å². The number of nitrogens with one attached hydrogen (secondary N) is 1. The number of urea groups is 1. The molecular formula is C16H30N2O3. The lowest BCUT2D eigenvalue weighted by molar-refractivity contribution is -0.142. The molecule has 0 heterocycles. The van der Waals surface area contributed by atoms with Crippen LogP contribution in [0.5, 0.6) is 0 Å². The van der Waals surface area contributed by atoms with Crippen molar-refractivity contribution in [2.75, 3.05) is 19.6 Å². The van der Waals surface area contributed by atoms with Gasteiger partial charge in [0.15, 0.2) is 0 Å². The van der Waals surface area contributed by atoms with Crippen LogP contribution in [0.2, 0.25) is 0 Å². The van der Waals surface area contributed by atoms with Gasteiger partial charge in [0.1, 0.15) is 0 Å². The first-order valence-corrected chi connectivity index (χ1v) is 7.98. The zero-order valence-electron chi connectivity index (χ0n) is 13.8. The van der Waals surface area contributed by atoms with E-state index in [1.807, 2.05) is 32.6 Å². The zero-order chi connectivity index (χ0) is 16.0. The van der Waals surface area contributed by atoms with Crippen LogP contribution in [-0.2, 0) is 4.79 Å². The third kappa shape index (κ3) is 7.34. The Labute approximate surface area is 128 Å². The van der Waals surface area contributed by atoms with Gasteiger partial charge in [0.2, 0.25) is 0 Å². The molecule has 21 heavy (non-hydrogen) atoms. The molecule has 0 aromatic carbocycles. The normalized spacial score (nSPS) is 16.4. The highest BCUT2D eigenvalue weighted by molar-refractivity contribution is 5.76. The largest absolute Gasteiger partial charge is 0.481 e. The van der Waals surface area contributed by atoms with E-state index in [0.717, 1.165) is 19.5 Å². The van der Waals surface area contributed by atoms with Gasteiger partial charge in [-0.1, -0.05) is 27.7 Å². The Hall–Kier alpha value is -1.26. The highest BCUT2D eigenvalue weighted by Gasteiger charge is 2.28. The zero-order valence-corrected chi connectivity index (χ0v) is 13.8. The number of carbonyl (C=O) groups is 2. The summed E-state index contributed by atoms with van der Waals surface area (Å²) in [6.07, 6.45) is 3.88. The number of rotatable bonds is 8.